The number of carbonyl (C=O) groups excluding carboxylic acids is 1. The van der Waals surface area contributed by atoms with Crippen LogP contribution in [0.2, 0.25) is 0 Å². The van der Waals surface area contributed by atoms with Crippen LogP contribution in [-0.2, 0) is 16.1 Å². The zero-order valence-electron chi connectivity index (χ0n) is 10.4. The highest BCUT2D eigenvalue weighted by atomic mass is 16.5. The Bertz CT molecular complexity index is 374. The molecule has 0 aliphatic rings. The number of likely N-dealkylation sites (N-methyl/N-ethyl adjacent to an activating group) is 1. The van der Waals surface area contributed by atoms with E-state index in [1.165, 1.54) is 23.8 Å². The fourth-order valence-corrected chi connectivity index (χ4v) is 1.65. The molecule has 1 aromatic rings. The Hall–Kier alpha value is -1.35. The second-order valence-corrected chi connectivity index (χ2v) is 4.18. The van der Waals surface area contributed by atoms with Crippen molar-refractivity contribution in [1.29, 1.82) is 0 Å². The molecule has 1 rings (SSSR count). The van der Waals surface area contributed by atoms with Crippen LogP contribution in [0.4, 0.5) is 0 Å². The summed E-state index contributed by atoms with van der Waals surface area (Å²) in [7, 11) is 3.32. The molecule has 1 aromatic carbocycles. The Morgan fingerprint density at radius 3 is 2.62 bits per heavy atom. The summed E-state index contributed by atoms with van der Waals surface area (Å²) in [6, 6.07) is 6.36. The molecular formula is C13H19NO2. The molecular weight excluding hydrogens is 202 g/mol. The third-order valence-corrected chi connectivity index (χ3v) is 2.57. The van der Waals surface area contributed by atoms with Crippen LogP contribution < -0.4 is 0 Å². The van der Waals surface area contributed by atoms with E-state index < -0.39 is 0 Å². The number of ether oxygens (including phenoxy) is 1. The quantitative estimate of drug-likeness (QED) is 0.727. The molecule has 0 bridgehead atoms. The first-order chi connectivity index (χ1) is 7.52. The first-order valence-corrected chi connectivity index (χ1v) is 5.34. The molecule has 0 atom stereocenters. The van der Waals surface area contributed by atoms with Gasteiger partial charge in [-0.3, -0.25) is 9.69 Å². The standard InChI is InChI=1S/C13H19NO2/c1-10-5-6-12(11(2)7-10)8-14(3)9-13(15)16-4/h5-7H,8-9H2,1-4H3. The molecule has 3 heteroatoms. The van der Waals surface area contributed by atoms with E-state index in [2.05, 4.69) is 36.8 Å². The summed E-state index contributed by atoms with van der Waals surface area (Å²) in [5, 5.41) is 0. The van der Waals surface area contributed by atoms with Crippen molar-refractivity contribution in [3.8, 4) is 0 Å². The monoisotopic (exact) mass is 221 g/mol. The van der Waals surface area contributed by atoms with Crippen LogP contribution in [0.1, 0.15) is 16.7 Å². The minimum Gasteiger partial charge on any atom is -0.468 e. The van der Waals surface area contributed by atoms with Crippen LogP contribution in [0.5, 0.6) is 0 Å². The average Bonchev–Trinajstić information content (AvgIpc) is 2.22. The molecule has 0 aromatic heterocycles. The van der Waals surface area contributed by atoms with Crippen molar-refractivity contribution in [3.63, 3.8) is 0 Å². The summed E-state index contributed by atoms with van der Waals surface area (Å²) in [6.07, 6.45) is 0. The van der Waals surface area contributed by atoms with Crippen molar-refractivity contribution in [1.82, 2.24) is 4.90 Å². The Morgan fingerprint density at radius 1 is 1.38 bits per heavy atom. The molecule has 0 saturated carbocycles. The highest BCUT2D eigenvalue weighted by Gasteiger charge is 2.08. The van der Waals surface area contributed by atoms with Gasteiger partial charge in [0.25, 0.3) is 0 Å². The molecule has 16 heavy (non-hydrogen) atoms. The molecule has 0 heterocycles. The molecule has 0 radical (unpaired) electrons. The van der Waals surface area contributed by atoms with E-state index in [1.54, 1.807) is 0 Å². The number of carbonyl (C=O) groups is 1. The summed E-state index contributed by atoms with van der Waals surface area (Å²) in [6.45, 7) is 5.26. The van der Waals surface area contributed by atoms with Gasteiger partial charge in [-0.2, -0.15) is 0 Å². The van der Waals surface area contributed by atoms with Gasteiger partial charge in [0.05, 0.1) is 13.7 Å². The van der Waals surface area contributed by atoms with Crippen LogP contribution in [-0.4, -0.2) is 31.6 Å². The summed E-state index contributed by atoms with van der Waals surface area (Å²) < 4.78 is 4.63. The predicted octanol–water partition coefficient (Wildman–Crippen LogP) is 1.91. The summed E-state index contributed by atoms with van der Waals surface area (Å²) in [5.74, 6) is -0.202. The number of aryl methyl sites for hydroxylation is 2. The molecule has 0 fully saturated rings. The maximum absolute atomic E-state index is 11.1. The lowest BCUT2D eigenvalue weighted by atomic mass is 10.1. The van der Waals surface area contributed by atoms with Gasteiger partial charge in [-0.15, -0.1) is 0 Å². The number of benzene rings is 1. The van der Waals surface area contributed by atoms with Gasteiger partial charge in [-0.25, -0.2) is 0 Å². The van der Waals surface area contributed by atoms with Crippen molar-refractivity contribution in [3.05, 3.63) is 34.9 Å². The van der Waals surface area contributed by atoms with Crippen molar-refractivity contribution in [2.75, 3.05) is 20.7 Å². The zero-order chi connectivity index (χ0) is 12.1. The fourth-order valence-electron chi connectivity index (χ4n) is 1.65. The van der Waals surface area contributed by atoms with Crippen LogP contribution >= 0.6 is 0 Å². The summed E-state index contributed by atoms with van der Waals surface area (Å²) >= 11 is 0. The van der Waals surface area contributed by atoms with Gasteiger partial charge in [0.1, 0.15) is 0 Å². The number of hydrogen-bond donors (Lipinski definition) is 0. The lowest BCUT2D eigenvalue weighted by molar-refractivity contribution is -0.141. The maximum atomic E-state index is 11.1. The molecule has 0 saturated heterocycles. The fraction of sp³-hybridized carbons (Fsp3) is 0.462. The van der Waals surface area contributed by atoms with Crippen molar-refractivity contribution in [2.45, 2.75) is 20.4 Å². The van der Waals surface area contributed by atoms with Crippen LogP contribution in [0, 0.1) is 13.8 Å². The van der Waals surface area contributed by atoms with E-state index >= 15 is 0 Å². The van der Waals surface area contributed by atoms with Crippen molar-refractivity contribution in [2.24, 2.45) is 0 Å². The Balaban J connectivity index is 2.62. The topological polar surface area (TPSA) is 29.5 Å². The number of rotatable bonds is 4. The van der Waals surface area contributed by atoms with E-state index in [4.69, 9.17) is 0 Å². The Morgan fingerprint density at radius 2 is 2.06 bits per heavy atom. The van der Waals surface area contributed by atoms with Gasteiger partial charge in [0, 0.05) is 6.54 Å². The van der Waals surface area contributed by atoms with Gasteiger partial charge in [0.2, 0.25) is 0 Å². The van der Waals surface area contributed by atoms with Gasteiger partial charge >= 0.3 is 5.97 Å². The Labute approximate surface area is 97.0 Å². The zero-order valence-corrected chi connectivity index (χ0v) is 10.4. The smallest absolute Gasteiger partial charge is 0.319 e. The lowest BCUT2D eigenvalue weighted by Gasteiger charge is -2.16. The van der Waals surface area contributed by atoms with Crippen molar-refractivity contribution < 1.29 is 9.53 Å². The molecule has 0 aliphatic heterocycles. The molecule has 3 nitrogen and oxygen atoms in total. The van der Waals surface area contributed by atoms with E-state index in [0.29, 0.717) is 6.54 Å². The van der Waals surface area contributed by atoms with Gasteiger partial charge in [0.15, 0.2) is 0 Å². The first-order valence-electron chi connectivity index (χ1n) is 5.34. The summed E-state index contributed by atoms with van der Waals surface area (Å²) in [5.41, 5.74) is 3.77. The van der Waals surface area contributed by atoms with Crippen LogP contribution in [0.3, 0.4) is 0 Å². The molecule has 0 aliphatic carbocycles. The normalized spacial score (nSPS) is 10.6. The minimum absolute atomic E-state index is 0.202. The second-order valence-electron chi connectivity index (χ2n) is 4.18. The van der Waals surface area contributed by atoms with Gasteiger partial charge < -0.3 is 4.74 Å². The minimum atomic E-state index is -0.202. The number of methoxy groups -OCH3 is 1. The predicted molar refractivity (Wildman–Crippen MR) is 64.3 cm³/mol. The average molecular weight is 221 g/mol. The second kappa shape index (κ2) is 5.66. The molecule has 0 unspecified atom stereocenters. The van der Waals surface area contributed by atoms with Gasteiger partial charge in [-0.1, -0.05) is 23.8 Å². The SMILES string of the molecule is COC(=O)CN(C)Cc1ccc(C)cc1C. The van der Waals surface area contributed by atoms with E-state index in [1.807, 2.05) is 11.9 Å². The molecule has 0 spiro atoms. The maximum Gasteiger partial charge on any atom is 0.319 e. The van der Waals surface area contributed by atoms with Gasteiger partial charge in [-0.05, 0) is 32.0 Å². The first kappa shape index (κ1) is 12.7. The number of esters is 1. The lowest BCUT2D eigenvalue weighted by Crippen LogP contribution is -2.26. The molecule has 88 valence electrons. The van der Waals surface area contributed by atoms with Crippen molar-refractivity contribution >= 4 is 5.97 Å². The molecule has 0 N–H and O–H groups in total. The highest BCUT2D eigenvalue weighted by Crippen LogP contribution is 2.12. The van der Waals surface area contributed by atoms with E-state index in [-0.39, 0.29) is 5.97 Å². The largest absolute Gasteiger partial charge is 0.468 e. The number of hydrogen-bond acceptors (Lipinski definition) is 3. The highest BCUT2D eigenvalue weighted by molar-refractivity contribution is 5.71. The third kappa shape index (κ3) is 3.66. The summed E-state index contributed by atoms with van der Waals surface area (Å²) in [4.78, 5) is 13.0. The Kier molecular flexibility index (Phi) is 4.50. The third-order valence-electron chi connectivity index (χ3n) is 2.57. The van der Waals surface area contributed by atoms with E-state index in [0.717, 1.165) is 6.54 Å². The van der Waals surface area contributed by atoms with E-state index in [9.17, 15) is 4.79 Å². The van der Waals surface area contributed by atoms with Crippen LogP contribution in [0.15, 0.2) is 18.2 Å². The molecule has 0 amide bonds. The van der Waals surface area contributed by atoms with Crippen LogP contribution in [0.25, 0.3) is 0 Å². The number of nitrogens with zero attached hydrogens (tertiary/aromatic N) is 1.